The van der Waals surface area contributed by atoms with E-state index in [0.29, 0.717) is 23.5 Å². The number of benzene rings is 2. The lowest BCUT2D eigenvalue weighted by Gasteiger charge is -2.25. The van der Waals surface area contributed by atoms with Crippen LogP contribution in [0.3, 0.4) is 0 Å². The molecule has 0 radical (unpaired) electrons. The molecule has 1 atom stereocenters. The molecule has 1 aromatic heterocycles. The fraction of sp³-hybridized carbons (Fsp3) is 0.222. The standard InChI is InChI=1S/C27H23F3N2O4/c1-2-13-36-21-10-8-18(9-11-21)24(33)22-23(19-6-4-12-31-15-19)32(26(35)25(22)34)16-17-5-3-7-20(14-17)27(28,29)30/h3-12,14-15,23,33H,2,13,16H2,1H3/b24-22+. The van der Waals surface area contributed by atoms with Gasteiger partial charge in [-0.1, -0.05) is 25.1 Å². The molecule has 1 amide bonds. The topological polar surface area (TPSA) is 79.7 Å². The van der Waals surface area contributed by atoms with Gasteiger partial charge in [0.05, 0.1) is 23.8 Å². The van der Waals surface area contributed by atoms with Crippen LogP contribution in [0.2, 0.25) is 0 Å². The molecular formula is C27H23F3N2O4. The fourth-order valence-corrected chi connectivity index (χ4v) is 4.05. The number of pyridine rings is 1. The van der Waals surface area contributed by atoms with E-state index >= 15 is 0 Å². The van der Waals surface area contributed by atoms with E-state index in [0.717, 1.165) is 23.5 Å². The summed E-state index contributed by atoms with van der Waals surface area (Å²) in [6.45, 7) is 2.22. The zero-order valence-corrected chi connectivity index (χ0v) is 19.3. The minimum Gasteiger partial charge on any atom is -0.507 e. The summed E-state index contributed by atoms with van der Waals surface area (Å²) in [6, 6.07) is 13.2. The van der Waals surface area contributed by atoms with Crippen molar-refractivity contribution >= 4 is 17.4 Å². The highest BCUT2D eigenvalue weighted by molar-refractivity contribution is 6.46. The SMILES string of the molecule is CCCOc1ccc(/C(O)=C2\C(=O)C(=O)N(Cc3cccc(C(F)(F)F)c3)C2c2cccnc2)cc1. The summed E-state index contributed by atoms with van der Waals surface area (Å²) >= 11 is 0. The average molecular weight is 496 g/mol. The summed E-state index contributed by atoms with van der Waals surface area (Å²) in [5.41, 5.74) is -0.0990. The number of ketones is 1. The van der Waals surface area contributed by atoms with E-state index < -0.39 is 35.2 Å². The molecule has 0 saturated carbocycles. The molecule has 1 saturated heterocycles. The maximum atomic E-state index is 13.2. The Morgan fingerprint density at radius 1 is 1.08 bits per heavy atom. The van der Waals surface area contributed by atoms with Gasteiger partial charge in [-0.25, -0.2) is 0 Å². The van der Waals surface area contributed by atoms with Gasteiger partial charge in [-0.2, -0.15) is 13.2 Å². The summed E-state index contributed by atoms with van der Waals surface area (Å²) in [6.07, 6.45) is -0.774. The van der Waals surface area contributed by atoms with Crippen molar-refractivity contribution in [1.29, 1.82) is 0 Å². The number of carbonyl (C=O) groups is 2. The van der Waals surface area contributed by atoms with E-state index in [1.165, 1.54) is 24.5 Å². The van der Waals surface area contributed by atoms with Crippen molar-refractivity contribution in [3.8, 4) is 5.75 Å². The molecular weight excluding hydrogens is 473 g/mol. The number of ether oxygens (including phenoxy) is 1. The number of Topliss-reactive ketones (excluding diaryl/α,β-unsaturated/α-hetero) is 1. The minimum absolute atomic E-state index is 0.165. The molecule has 0 spiro atoms. The Balaban J connectivity index is 1.76. The third kappa shape index (κ3) is 5.10. The zero-order chi connectivity index (χ0) is 25.9. The number of carbonyl (C=O) groups excluding carboxylic acids is 2. The van der Waals surface area contributed by atoms with Crippen LogP contribution in [-0.2, 0) is 22.3 Å². The first kappa shape index (κ1) is 25.0. The number of halogens is 3. The van der Waals surface area contributed by atoms with E-state index in [4.69, 9.17) is 4.74 Å². The van der Waals surface area contributed by atoms with Crippen molar-refractivity contribution in [3.05, 3.63) is 101 Å². The minimum atomic E-state index is -4.56. The predicted molar refractivity (Wildman–Crippen MR) is 126 cm³/mol. The second-order valence-corrected chi connectivity index (χ2v) is 8.28. The van der Waals surface area contributed by atoms with Crippen LogP contribution in [0.15, 0.2) is 78.6 Å². The molecule has 1 aliphatic heterocycles. The first-order valence-electron chi connectivity index (χ1n) is 11.3. The maximum absolute atomic E-state index is 13.2. The number of aliphatic hydroxyl groups excluding tert-OH is 1. The van der Waals surface area contributed by atoms with Gasteiger partial charge in [-0.05, 0) is 60.0 Å². The molecule has 1 N–H and O–H groups in total. The normalized spacial score (nSPS) is 17.4. The summed E-state index contributed by atoms with van der Waals surface area (Å²) in [7, 11) is 0. The Bertz CT molecular complexity index is 1290. The van der Waals surface area contributed by atoms with Crippen LogP contribution in [0.4, 0.5) is 13.2 Å². The number of rotatable bonds is 7. The lowest BCUT2D eigenvalue weighted by atomic mass is 9.96. The Hall–Kier alpha value is -4.14. The number of alkyl halides is 3. The number of hydrogen-bond acceptors (Lipinski definition) is 5. The van der Waals surface area contributed by atoms with Crippen molar-refractivity contribution in [2.45, 2.75) is 32.1 Å². The summed E-state index contributed by atoms with van der Waals surface area (Å²) < 4.78 is 45.2. The second-order valence-electron chi connectivity index (χ2n) is 8.28. The number of aliphatic hydroxyl groups is 1. The molecule has 3 aromatic rings. The third-order valence-electron chi connectivity index (χ3n) is 5.75. The van der Waals surface area contributed by atoms with Crippen LogP contribution < -0.4 is 4.74 Å². The molecule has 0 aliphatic carbocycles. The van der Waals surface area contributed by atoms with Crippen molar-refractivity contribution < 1.29 is 32.6 Å². The van der Waals surface area contributed by atoms with E-state index in [9.17, 15) is 27.9 Å². The van der Waals surface area contributed by atoms with Gasteiger partial charge >= 0.3 is 6.18 Å². The lowest BCUT2D eigenvalue weighted by molar-refractivity contribution is -0.140. The van der Waals surface area contributed by atoms with Gasteiger partial charge in [0.25, 0.3) is 11.7 Å². The van der Waals surface area contributed by atoms with E-state index in [1.807, 2.05) is 6.92 Å². The Morgan fingerprint density at radius 2 is 1.83 bits per heavy atom. The number of hydrogen-bond donors (Lipinski definition) is 1. The van der Waals surface area contributed by atoms with Crippen molar-refractivity contribution in [2.75, 3.05) is 6.61 Å². The smallest absolute Gasteiger partial charge is 0.416 e. The van der Waals surface area contributed by atoms with Gasteiger partial charge in [-0.15, -0.1) is 0 Å². The van der Waals surface area contributed by atoms with Gasteiger partial charge in [0.2, 0.25) is 0 Å². The highest BCUT2D eigenvalue weighted by Crippen LogP contribution is 2.40. The lowest BCUT2D eigenvalue weighted by Crippen LogP contribution is -2.29. The number of nitrogens with zero attached hydrogens (tertiary/aromatic N) is 2. The Labute approximate surface area is 205 Å². The monoisotopic (exact) mass is 496 g/mol. The molecule has 9 heteroatoms. The molecule has 4 rings (SSSR count). The molecule has 1 unspecified atom stereocenters. The molecule has 1 fully saturated rings. The maximum Gasteiger partial charge on any atom is 0.416 e. The van der Waals surface area contributed by atoms with Crippen LogP contribution in [0.25, 0.3) is 5.76 Å². The van der Waals surface area contributed by atoms with Crippen LogP contribution in [0.5, 0.6) is 5.75 Å². The van der Waals surface area contributed by atoms with E-state index in [2.05, 4.69) is 4.98 Å². The van der Waals surface area contributed by atoms with Crippen LogP contribution >= 0.6 is 0 Å². The van der Waals surface area contributed by atoms with Crippen molar-refractivity contribution in [3.63, 3.8) is 0 Å². The number of likely N-dealkylation sites (tertiary alicyclic amines) is 1. The van der Waals surface area contributed by atoms with Crippen molar-refractivity contribution in [1.82, 2.24) is 9.88 Å². The largest absolute Gasteiger partial charge is 0.507 e. The van der Waals surface area contributed by atoms with Gasteiger partial charge in [0.15, 0.2) is 0 Å². The first-order valence-corrected chi connectivity index (χ1v) is 11.3. The van der Waals surface area contributed by atoms with E-state index in [1.54, 1.807) is 36.4 Å². The quantitative estimate of drug-likeness (QED) is 0.265. The van der Waals surface area contributed by atoms with Crippen LogP contribution in [0.1, 0.15) is 41.6 Å². The van der Waals surface area contributed by atoms with Crippen LogP contribution in [0, 0.1) is 0 Å². The highest BCUT2D eigenvalue weighted by Gasteiger charge is 2.46. The molecule has 1 aliphatic rings. The summed E-state index contributed by atoms with van der Waals surface area (Å²) in [5, 5.41) is 11.1. The third-order valence-corrected chi connectivity index (χ3v) is 5.75. The van der Waals surface area contributed by atoms with Crippen molar-refractivity contribution in [2.24, 2.45) is 0 Å². The highest BCUT2D eigenvalue weighted by atomic mass is 19.4. The fourth-order valence-electron chi connectivity index (χ4n) is 4.05. The van der Waals surface area contributed by atoms with Gasteiger partial charge in [0, 0.05) is 24.5 Å². The number of aromatic nitrogens is 1. The van der Waals surface area contributed by atoms with Gasteiger partial charge in [-0.3, -0.25) is 14.6 Å². The second kappa shape index (κ2) is 10.2. The first-order chi connectivity index (χ1) is 17.2. The molecule has 2 heterocycles. The molecule has 0 bridgehead atoms. The van der Waals surface area contributed by atoms with Gasteiger partial charge < -0.3 is 14.7 Å². The zero-order valence-electron chi connectivity index (χ0n) is 19.3. The Morgan fingerprint density at radius 3 is 2.47 bits per heavy atom. The Kier molecular flexibility index (Phi) is 7.10. The van der Waals surface area contributed by atoms with E-state index in [-0.39, 0.29) is 17.7 Å². The average Bonchev–Trinajstić information content (AvgIpc) is 3.12. The summed E-state index contributed by atoms with van der Waals surface area (Å²) in [5.74, 6) is -1.66. The summed E-state index contributed by atoms with van der Waals surface area (Å²) in [4.78, 5) is 31.4. The molecule has 36 heavy (non-hydrogen) atoms. The molecule has 186 valence electrons. The predicted octanol–water partition coefficient (Wildman–Crippen LogP) is 5.51. The molecule has 6 nitrogen and oxygen atoms in total. The van der Waals surface area contributed by atoms with Gasteiger partial charge in [0.1, 0.15) is 11.5 Å². The van der Waals surface area contributed by atoms with Crippen LogP contribution in [-0.4, -0.2) is 33.3 Å². The number of amides is 1. The molecule has 2 aromatic carbocycles.